The fourth-order valence-corrected chi connectivity index (χ4v) is 2.32. The topological polar surface area (TPSA) is 73.5 Å². The van der Waals surface area contributed by atoms with Gasteiger partial charge in [-0.05, 0) is 36.4 Å². The van der Waals surface area contributed by atoms with Crippen molar-refractivity contribution in [1.82, 2.24) is 4.57 Å². The van der Waals surface area contributed by atoms with Crippen LogP contribution < -0.4 is 15.8 Å². The van der Waals surface area contributed by atoms with Gasteiger partial charge in [0, 0.05) is 5.56 Å². The molecule has 128 valence electrons. The second kappa shape index (κ2) is 7.04. The molecule has 0 aliphatic rings. The van der Waals surface area contributed by atoms with Gasteiger partial charge >= 0.3 is 5.76 Å². The lowest BCUT2D eigenvalue weighted by atomic mass is 10.2. The quantitative estimate of drug-likeness (QED) is 0.774. The third-order valence-electron chi connectivity index (χ3n) is 3.53. The van der Waals surface area contributed by atoms with Gasteiger partial charge in [0.2, 0.25) is 5.91 Å². The fourth-order valence-electron chi connectivity index (χ4n) is 2.32. The van der Waals surface area contributed by atoms with E-state index in [4.69, 9.17) is 9.15 Å². The molecule has 7 heteroatoms. The third kappa shape index (κ3) is 3.77. The van der Waals surface area contributed by atoms with Crippen molar-refractivity contribution in [3.63, 3.8) is 0 Å². The Morgan fingerprint density at radius 3 is 2.64 bits per heavy atom. The number of amides is 1. The highest BCUT2D eigenvalue weighted by Crippen LogP contribution is 2.23. The van der Waals surface area contributed by atoms with Crippen molar-refractivity contribution in [3.05, 3.63) is 71.1 Å². The minimum absolute atomic E-state index is 0.221. The van der Waals surface area contributed by atoms with Crippen molar-refractivity contribution in [3.8, 4) is 17.1 Å². The van der Waals surface area contributed by atoms with Gasteiger partial charge in [0.15, 0.2) is 5.76 Å². The van der Waals surface area contributed by atoms with Gasteiger partial charge in [-0.3, -0.25) is 9.36 Å². The van der Waals surface area contributed by atoms with Crippen LogP contribution in [0.15, 0.2) is 63.9 Å². The molecule has 0 unspecified atom stereocenters. The van der Waals surface area contributed by atoms with E-state index in [1.54, 1.807) is 24.3 Å². The molecule has 2 aromatic carbocycles. The SMILES string of the molecule is COc1ccccc1NC(=O)Cn1cc(-c2ccc(F)cc2)oc1=O. The number of ether oxygens (including phenoxy) is 1. The number of rotatable bonds is 5. The van der Waals surface area contributed by atoms with Crippen molar-refractivity contribution in [2.45, 2.75) is 6.54 Å². The Kier molecular flexibility index (Phi) is 4.65. The second-order valence-corrected chi connectivity index (χ2v) is 5.24. The average molecular weight is 342 g/mol. The van der Waals surface area contributed by atoms with E-state index in [2.05, 4.69) is 5.32 Å². The Morgan fingerprint density at radius 1 is 1.20 bits per heavy atom. The van der Waals surface area contributed by atoms with Crippen molar-refractivity contribution >= 4 is 11.6 Å². The van der Waals surface area contributed by atoms with Crippen LogP contribution in [0.2, 0.25) is 0 Å². The van der Waals surface area contributed by atoms with Crippen LogP contribution in [0, 0.1) is 5.82 Å². The van der Waals surface area contributed by atoms with E-state index in [9.17, 15) is 14.0 Å². The number of nitrogens with zero attached hydrogens (tertiary/aromatic N) is 1. The number of carbonyl (C=O) groups is 1. The Bertz CT molecular complexity index is 944. The highest BCUT2D eigenvalue weighted by molar-refractivity contribution is 5.92. The van der Waals surface area contributed by atoms with Crippen LogP contribution in [0.5, 0.6) is 5.75 Å². The summed E-state index contributed by atoms with van der Waals surface area (Å²) >= 11 is 0. The summed E-state index contributed by atoms with van der Waals surface area (Å²) in [7, 11) is 1.50. The van der Waals surface area contributed by atoms with Gasteiger partial charge in [-0.1, -0.05) is 12.1 Å². The zero-order valence-corrected chi connectivity index (χ0v) is 13.4. The standard InChI is InChI=1S/C18H15FN2O4/c1-24-15-5-3-2-4-14(15)20-17(22)11-21-10-16(25-18(21)23)12-6-8-13(19)9-7-12/h2-10H,11H2,1H3,(H,20,22). The molecular weight excluding hydrogens is 327 g/mol. The van der Waals surface area contributed by atoms with Crippen LogP contribution in [0.4, 0.5) is 10.1 Å². The summed E-state index contributed by atoms with van der Waals surface area (Å²) in [6.45, 7) is -0.221. The highest BCUT2D eigenvalue weighted by Gasteiger charge is 2.13. The maximum Gasteiger partial charge on any atom is 0.419 e. The summed E-state index contributed by atoms with van der Waals surface area (Å²) in [6.07, 6.45) is 1.41. The fraction of sp³-hybridized carbons (Fsp3) is 0.111. The molecule has 0 saturated heterocycles. The highest BCUT2D eigenvalue weighted by atomic mass is 19.1. The molecule has 0 spiro atoms. The maximum atomic E-state index is 13.0. The zero-order valence-electron chi connectivity index (χ0n) is 13.4. The van der Waals surface area contributed by atoms with Gasteiger partial charge in [-0.2, -0.15) is 0 Å². The molecule has 0 radical (unpaired) electrons. The summed E-state index contributed by atoms with van der Waals surface area (Å²) in [5.41, 5.74) is 1.05. The van der Waals surface area contributed by atoms with E-state index in [1.807, 2.05) is 0 Å². The summed E-state index contributed by atoms with van der Waals surface area (Å²) in [5, 5.41) is 2.68. The molecular formula is C18H15FN2O4. The number of nitrogens with one attached hydrogen (secondary N) is 1. The molecule has 0 aliphatic heterocycles. The van der Waals surface area contributed by atoms with E-state index in [-0.39, 0.29) is 18.1 Å². The van der Waals surface area contributed by atoms with Crippen LogP contribution >= 0.6 is 0 Å². The third-order valence-corrected chi connectivity index (χ3v) is 3.53. The summed E-state index contributed by atoms with van der Waals surface area (Å²) in [6, 6.07) is 12.5. The molecule has 0 saturated carbocycles. The van der Waals surface area contributed by atoms with E-state index < -0.39 is 11.7 Å². The van der Waals surface area contributed by atoms with Gasteiger partial charge < -0.3 is 14.5 Å². The first-order valence-electron chi connectivity index (χ1n) is 7.46. The van der Waals surface area contributed by atoms with Gasteiger partial charge in [-0.25, -0.2) is 9.18 Å². The molecule has 1 amide bonds. The van der Waals surface area contributed by atoms with Crippen molar-refractivity contribution in [2.24, 2.45) is 0 Å². The smallest absolute Gasteiger partial charge is 0.419 e. The number of methoxy groups -OCH3 is 1. The molecule has 0 atom stereocenters. The minimum atomic E-state index is -0.672. The van der Waals surface area contributed by atoms with Crippen LogP contribution in [-0.4, -0.2) is 17.6 Å². The number of anilines is 1. The Labute approximate surface area is 142 Å². The van der Waals surface area contributed by atoms with Crippen LogP contribution in [0.1, 0.15) is 0 Å². The van der Waals surface area contributed by atoms with Gasteiger partial charge in [0.05, 0.1) is 19.0 Å². The first-order chi connectivity index (χ1) is 12.1. The largest absolute Gasteiger partial charge is 0.495 e. The van der Waals surface area contributed by atoms with Crippen LogP contribution in [0.3, 0.4) is 0 Å². The van der Waals surface area contributed by atoms with E-state index in [1.165, 1.54) is 37.6 Å². The van der Waals surface area contributed by atoms with Gasteiger partial charge in [-0.15, -0.1) is 0 Å². The number of oxazole rings is 1. The molecule has 1 aromatic heterocycles. The van der Waals surface area contributed by atoms with Gasteiger partial charge in [0.1, 0.15) is 18.1 Å². The molecule has 3 aromatic rings. The van der Waals surface area contributed by atoms with Crippen LogP contribution in [0.25, 0.3) is 11.3 Å². The number of para-hydroxylation sites is 2. The molecule has 3 rings (SSSR count). The monoisotopic (exact) mass is 342 g/mol. The van der Waals surface area contributed by atoms with Gasteiger partial charge in [0.25, 0.3) is 0 Å². The Balaban J connectivity index is 1.76. The molecule has 1 N–H and O–H groups in total. The molecule has 25 heavy (non-hydrogen) atoms. The van der Waals surface area contributed by atoms with E-state index in [0.29, 0.717) is 17.0 Å². The van der Waals surface area contributed by atoms with E-state index in [0.717, 1.165) is 4.57 Å². The lowest BCUT2D eigenvalue weighted by molar-refractivity contribution is -0.116. The van der Waals surface area contributed by atoms with Crippen molar-refractivity contribution in [2.75, 3.05) is 12.4 Å². The summed E-state index contributed by atoms with van der Waals surface area (Å²) in [4.78, 5) is 24.1. The number of benzene rings is 2. The Hall–Kier alpha value is -3.35. The normalized spacial score (nSPS) is 10.5. The lowest BCUT2D eigenvalue weighted by Crippen LogP contribution is -2.24. The number of hydrogen-bond donors (Lipinski definition) is 1. The van der Waals surface area contributed by atoms with Crippen molar-refractivity contribution < 1.29 is 18.3 Å². The molecule has 6 nitrogen and oxygen atoms in total. The molecule has 0 bridgehead atoms. The number of hydrogen-bond acceptors (Lipinski definition) is 4. The summed E-state index contributed by atoms with van der Waals surface area (Å²) < 4.78 is 24.4. The number of carbonyl (C=O) groups excluding carboxylic acids is 1. The number of halogens is 1. The predicted molar refractivity (Wildman–Crippen MR) is 90.0 cm³/mol. The predicted octanol–water partition coefficient (Wildman–Crippen LogP) is 2.89. The zero-order chi connectivity index (χ0) is 17.8. The van der Waals surface area contributed by atoms with Crippen molar-refractivity contribution in [1.29, 1.82) is 0 Å². The molecule has 1 heterocycles. The minimum Gasteiger partial charge on any atom is -0.495 e. The van der Waals surface area contributed by atoms with Crippen LogP contribution in [-0.2, 0) is 11.3 Å². The van der Waals surface area contributed by atoms with E-state index >= 15 is 0 Å². The first-order valence-corrected chi connectivity index (χ1v) is 7.46. The molecule has 0 fully saturated rings. The molecule has 0 aliphatic carbocycles. The first kappa shape index (κ1) is 16.5. The maximum absolute atomic E-state index is 13.0. The average Bonchev–Trinajstić information content (AvgIpc) is 2.96. The number of aromatic nitrogens is 1. The Morgan fingerprint density at radius 2 is 1.92 bits per heavy atom. The lowest BCUT2D eigenvalue weighted by Gasteiger charge is -2.09. The second-order valence-electron chi connectivity index (χ2n) is 5.24. The summed E-state index contributed by atoms with van der Waals surface area (Å²) in [5.74, 6) is -0.688.